The molecule has 1 unspecified atom stereocenters. The van der Waals surface area contributed by atoms with Crippen molar-refractivity contribution in [2.75, 3.05) is 12.5 Å². The van der Waals surface area contributed by atoms with Crippen LogP contribution in [0.25, 0.3) is 0 Å². The molecule has 0 radical (unpaired) electrons. The summed E-state index contributed by atoms with van der Waals surface area (Å²) in [4.78, 5) is 0. The van der Waals surface area contributed by atoms with Crippen LogP contribution in [-0.2, 0) is 12.8 Å². The SMILES string of the molecule is C=CCc1cc(C(C)CCCC)ccc1OCOc1ccc(C)c(CCC)c1N. The Labute approximate surface area is 176 Å². The van der Waals surface area contributed by atoms with Gasteiger partial charge in [0.25, 0.3) is 0 Å². The summed E-state index contributed by atoms with van der Waals surface area (Å²) in [6.45, 7) is 12.8. The predicted molar refractivity (Wildman–Crippen MR) is 124 cm³/mol. The Morgan fingerprint density at radius 3 is 2.48 bits per heavy atom. The second-order valence-corrected chi connectivity index (χ2v) is 7.83. The Balaban J connectivity index is 2.08. The molecule has 3 heteroatoms. The fraction of sp³-hybridized carbons (Fsp3) is 0.462. The van der Waals surface area contributed by atoms with Crippen LogP contribution >= 0.6 is 0 Å². The van der Waals surface area contributed by atoms with Crippen LogP contribution in [0.15, 0.2) is 43.0 Å². The van der Waals surface area contributed by atoms with Crippen LogP contribution in [-0.4, -0.2) is 6.79 Å². The van der Waals surface area contributed by atoms with Gasteiger partial charge in [-0.05, 0) is 66.5 Å². The van der Waals surface area contributed by atoms with Gasteiger partial charge in [0, 0.05) is 0 Å². The average molecular weight is 396 g/mol. The highest BCUT2D eigenvalue weighted by Crippen LogP contribution is 2.31. The zero-order chi connectivity index (χ0) is 21.2. The van der Waals surface area contributed by atoms with Crippen molar-refractivity contribution in [3.8, 4) is 11.5 Å². The van der Waals surface area contributed by atoms with Crippen molar-refractivity contribution in [2.45, 2.75) is 72.1 Å². The van der Waals surface area contributed by atoms with Crippen molar-refractivity contribution >= 4 is 5.69 Å². The van der Waals surface area contributed by atoms with E-state index in [0.717, 1.165) is 36.3 Å². The molecule has 29 heavy (non-hydrogen) atoms. The minimum absolute atomic E-state index is 0.133. The lowest BCUT2D eigenvalue weighted by atomic mass is 9.93. The second kappa shape index (κ2) is 11.5. The molecule has 0 saturated carbocycles. The first-order valence-electron chi connectivity index (χ1n) is 10.9. The predicted octanol–water partition coefficient (Wildman–Crippen LogP) is 6.97. The lowest BCUT2D eigenvalue weighted by Gasteiger charge is -2.17. The third-order valence-corrected chi connectivity index (χ3v) is 5.49. The van der Waals surface area contributed by atoms with E-state index >= 15 is 0 Å². The average Bonchev–Trinajstić information content (AvgIpc) is 2.72. The van der Waals surface area contributed by atoms with Gasteiger partial charge >= 0.3 is 0 Å². The van der Waals surface area contributed by atoms with E-state index in [0.29, 0.717) is 11.7 Å². The molecule has 2 N–H and O–H groups in total. The van der Waals surface area contributed by atoms with E-state index < -0.39 is 0 Å². The molecule has 0 fully saturated rings. The Kier molecular flexibility index (Phi) is 9.11. The van der Waals surface area contributed by atoms with Crippen LogP contribution in [0.4, 0.5) is 5.69 Å². The maximum absolute atomic E-state index is 6.33. The molecule has 0 saturated heterocycles. The zero-order valence-electron chi connectivity index (χ0n) is 18.6. The van der Waals surface area contributed by atoms with Crippen LogP contribution < -0.4 is 15.2 Å². The third kappa shape index (κ3) is 6.28. The monoisotopic (exact) mass is 395 g/mol. The highest BCUT2D eigenvalue weighted by molar-refractivity contribution is 5.61. The summed E-state index contributed by atoms with van der Waals surface area (Å²) in [5.41, 5.74) is 11.9. The highest BCUT2D eigenvalue weighted by atomic mass is 16.7. The van der Waals surface area contributed by atoms with Gasteiger partial charge in [0.1, 0.15) is 11.5 Å². The van der Waals surface area contributed by atoms with Crippen molar-refractivity contribution in [3.63, 3.8) is 0 Å². The molecule has 3 nitrogen and oxygen atoms in total. The summed E-state index contributed by atoms with van der Waals surface area (Å²) in [5, 5.41) is 0. The van der Waals surface area contributed by atoms with Gasteiger partial charge in [0.05, 0.1) is 5.69 Å². The van der Waals surface area contributed by atoms with E-state index in [1.165, 1.54) is 36.0 Å². The van der Waals surface area contributed by atoms with E-state index in [-0.39, 0.29) is 6.79 Å². The fourth-order valence-electron chi connectivity index (χ4n) is 3.66. The Bertz CT molecular complexity index is 798. The molecule has 0 heterocycles. The summed E-state index contributed by atoms with van der Waals surface area (Å²) < 4.78 is 11.8. The topological polar surface area (TPSA) is 44.5 Å². The largest absolute Gasteiger partial charge is 0.457 e. The zero-order valence-corrected chi connectivity index (χ0v) is 18.6. The van der Waals surface area contributed by atoms with Crippen LogP contribution in [0, 0.1) is 6.92 Å². The molecule has 0 aliphatic carbocycles. The molecular formula is C26H37NO2. The second-order valence-electron chi connectivity index (χ2n) is 7.83. The van der Waals surface area contributed by atoms with Crippen LogP contribution in [0.3, 0.4) is 0 Å². The molecule has 0 aliphatic rings. The van der Waals surface area contributed by atoms with E-state index in [1.54, 1.807) is 0 Å². The number of benzene rings is 2. The molecule has 2 aromatic carbocycles. The molecule has 2 aromatic rings. The Hall–Kier alpha value is -2.42. The Morgan fingerprint density at radius 1 is 1.07 bits per heavy atom. The van der Waals surface area contributed by atoms with Gasteiger partial charge in [0.2, 0.25) is 6.79 Å². The van der Waals surface area contributed by atoms with Crippen molar-refractivity contribution in [3.05, 3.63) is 65.2 Å². The molecule has 0 bridgehead atoms. The molecule has 0 aliphatic heterocycles. The van der Waals surface area contributed by atoms with Gasteiger partial charge in [-0.2, -0.15) is 0 Å². The number of rotatable bonds is 12. The van der Waals surface area contributed by atoms with Gasteiger partial charge < -0.3 is 15.2 Å². The molecule has 0 aromatic heterocycles. The first-order valence-corrected chi connectivity index (χ1v) is 10.9. The number of unbranched alkanes of at least 4 members (excludes halogenated alkanes) is 1. The van der Waals surface area contributed by atoms with Gasteiger partial charge in [-0.1, -0.05) is 64.3 Å². The number of allylic oxidation sites excluding steroid dienone is 1. The van der Waals surface area contributed by atoms with Gasteiger partial charge in [-0.15, -0.1) is 6.58 Å². The standard InChI is InChI=1S/C26H37NO2/c1-6-9-12-19(4)21-14-16-24(22(17-21)10-7-2)28-18-29-25-15-13-20(5)23(11-8-3)26(25)27/h7,13-17,19H,2,6,8-12,18,27H2,1,3-5H3. The number of anilines is 1. The highest BCUT2D eigenvalue weighted by Gasteiger charge is 2.12. The minimum Gasteiger partial charge on any atom is -0.457 e. The summed E-state index contributed by atoms with van der Waals surface area (Å²) >= 11 is 0. The first kappa shape index (κ1) is 22.9. The van der Waals surface area contributed by atoms with Crippen molar-refractivity contribution < 1.29 is 9.47 Å². The third-order valence-electron chi connectivity index (χ3n) is 5.49. The van der Waals surface area contributed by atoms with E-state index in [2.05, 4.69) is 58.5 Å². The maximum Gasteiger partial charge on any atom is 0.231 e. The van der Waals surface area contributed by atoms with Gasteiger partial charge in [-0.3, -0.25) is 0 Å². The number of aryl methyl sites for hydroxylation is 1. The van der Waals surface area contributed by atoms with Crippen LogP contribution in [0.1, 0.15) is 74.6 Å². The number of hydrogen-bond donors (Lipinski definition) is 1. The van der Waals surface area contributed by atoms with E-state index in [9.17, 15) is 0 Å². The number of nitrogens with two attached hydrogens (primary N) is 1. The molecule has 0 amide bonds. The number of ether oxygens (including phenoxy) is 2. The van der Waals surface area contributed by atoms with Crippen molar-refractivity contribution in [1.82, 2.24) is 0 Å². The molecule has 2 rings (SSSR count). The maximum atomic E-state index is 6.33. The van der Waals surface area contributed by atoms with Gasteiger partial charge in [0.15, 0.2) is 0 Å². The molecular weight excluding hydrogens is 358 g/mol. The number of nitrogen functional groups attached to an aromatic ring is 1. The summed E-state index contributed by atoms with van der Waals surface area (Å²) in [6.07, 6.45) is 8.39. The van der Waals surface area contributed by atoms with E-state index in [4.69, 9.17) is 15.2 Å². The summed E-state index contributed by atoms with van der Waals surface area (Å²) in [6, 6.07) is 10.5. The first-order chi connectivity index (χ1) is 14.0. The molecule has 0 spiro atoms. The van der Waals surface area contributed by atoms with E-state index in [1.807, 2.05) is 12.1 Å². The Morgan fingerprint density at radius 2 is 1.79 bits per heavy atom. The lowest BCUT2D eigenvalue weighted by Crippen LogP contribution is -2.10. The molecule has 158 valence electrons. The van der Waals surface area contributed by atoms with Crippen molar-refractivity contribution in [2.24, 2.45) is 0 Å². The summed E-state index contributed by atoms with van der Waals surface area (Å²) in [7, 11) is 0. The number of hydrogen-bond acceptors (Lipinski definition) is 3. The minimum atomic E-state index is 0.133. The quantitative estimate of drug-likeness (QED) is 0.240. The van der Waals surface area contributed by atoms with Crippen molar-refractivity contribution in [1.29, 1.82) is 0 Å². The smallest absolute Gasteiger partial charge is 0.231 e. The van der Waals surface area contributed by atoms with Crippen LogP contribution in [0.5, 0.6) is 11.5 Å². The van der Waals surface area contributed by atoms with Crippen LogP contribution in [0.2, 0.25) is 0 Å². The summed E-state index contributed by atoms with van der Waals surface area (Å²) in [5.74, 6) is 2.08. The normalized spacial score (nSPS) is 11.9. The molecule has 1 atom stereocenters. The lowest BCUT2D eigenvalue weighted by molar-refractivity contribution is 0.119. The van der Waals surface area contributed by atoms with Gasteiger partial charge in [-0.25, -0.2) is 0 Å². The fourth-order valence-corrected chi connectivity index (χ4v) is 3.66.